The molecule has 1 amide bonds. The summed E-state index contributed by atoms with van der Waals surface area (Å²) in [5.74, 6) is -1.73. The average Bonchev–Trinajstić information content (AvgIpc) is 2.17. The smallest absolute Gasteiger partial charge is 0.332 e. The van der Waals surface area contributed by atoms with Crippen LogP contribution in [0.25, 0.3) is 0 Å². The molecule has 0 spiro atoms. The number of nitrogens with zero attached hydrogens (tertiary/aromatic N) is 1. The fraction of sp³-hybridized carbons (Fsp3) is 0.125. The van der Waals surface area contributed by atoms with Gasteiger partial charge in [-0.1, -0.05) is 0 Å². The number of aromatic nitrogens is 1. The second kappa shape index (κ2) is 4.91. The quantitative estimate of drug-likeness (QED) is 0.571. The third-order valence-electron chi connectivity index (χ3n) is 1.44. The zero-order valence-electron chi connectivity index (χ0n) is 7.64. The van der Waals surface area contributed by atoms with Crippen molar-refractivity contribution < 1.29 is 19.5 Å². The lowest BCUT2D eigenvalue weighted by Crippen LogP contribution is -2.17. The Morgan fingerprint density at radius 2 is 2.33 bits per heavy atom. The Bertz CT molecular complexity index is 380. The summed E-state index contributed by atoms with van der Waals surface area (Å²) < 4.78 is 0. The number of rotatable bonds is 5. The Balaban J connectivity index is 2.67. The molecule has 7 heteroatoms. The molecule has 15 heavy (non-hydrogen) atoms. The van der Waals surface area contributed by atoms with Crippen molar-refractivity contribution in [3.63, 3.8) is 0 Å². The molecule has 7 nitrogen and oxygen atoms in total. The molecule has 80 valence electrons. The van der Waals surface area contributed by atoms with Gasteiger partial charge in [0.2, 0.25) is 0 Å². The van der Waals surface area contributed by atoms with Gasteiger partial charge in [0.25, 0.3) is 5.91 Å². The lowest BCUT2D eigenvalue weighted by atomic mass is 10.2. The maximum Gasteiger partial charge on any atom is 0.332 e. The number of carboxylic acid groups (broad SMARTS) is 1. The van der Waals surface area contributed by atoms with Gasteiger partial charge in [-0.05, 0) is 12.1 Å². The highest BCUT2D eigenvalue weighted by Crippen LogP contribution is 2.09. The van der Waals surface area contributed by atoms with E-state index in [2.05, 4.69) is 15.3 Å². The monoisotopic (exact) mass is 211 g/mol. The third-order valence-corrected chi connectivity index (χ3v) is 1.44. The predicted octanol–water partition coefficient (Wildman–Crippen LogP) is -0.391. The zero-order valence-corrected chi connectivity index (χ0v) is 7.64. The summed E-state index contributed by atoms with van der Waals surface area (Å²) in [7, 11) is 0. The van der Waals surface area contributed by atoms with Crippen molar-refractivity contribution in [2.24, 2.45) is 5.73 Å². The van der Waals surface area contributed by atoms with E-state index in [4.69, 9.17) is 10.8 Å². The van der Waals surface area contributed by atoms with Gasteiger partial charge in [0.05, 0.1) is 5.56 Å². The second-order valence-corrected chi connectivity index (χ2v) is 2.55. The summed E-state index contributed by atoms with van der Waals surface area (Å²) >= 11 is 0. The molecule has 1 rings (SSSR count). The van der Waals surface area contributed by atoms with Gasteiger partial charge >= 0.3 is 5.97 Å². The van der Waals surface area contributed by atoms with Gasteiger partial charge in [-0.3, -0.25) is 9.63 Å². The molecule has 0 aliphatic rings. The molecule has 4 N–H and O–H groups in total. The predicted molar refractivity (Wildman–Crippen MR) is 50.0 cm³/mol. The van der Waals surface area contributed by atoms with E-state index < -0.39 is 18.5 Å². The summed E-state index contributed by atoms with van der Waals surface area (Å²) in [6.45, 7) is -0.547. The average molecular weight is 211 g/mol. The number of carbonyl (C=O) groups is 2. The molecule has 1 aromatic rings. The minimum Gasteiger partial charge on any atom is -0.479 e. The summed E-state index contributed by atoms with van der Waals surface area (Å²) in [4.78, 5) is 29.3. The van der Waals surface area contributed by atoms with Gasteiger partial charge in [0, 0.05) is 6.20 Å². The van der Waals surface area contributed by atoms with E-state index in [0.717, 1.165) is 0 Å². The first kappa shape index (κ1) is 10.9. The van der Waals surface area contributed by atoms with Crippen LogP contribution in [0.15, 0.2) is 18.3 Å². The molecule has 0 saturated carbocycles. The Morgan fingerprint density at radius 3 is 2.93 bits per heavy atom. The molecule has 0 bridgehead atoms. The van der Waals surface area contributed by atoms with Crippen LogP contribution < -0.4 is 11.2 Å². The van der Waals surface area contributed by atoms with Crippen LogP contribution in [0.4, 0.5) is 5.82 Å². The first-order valence-corrected chi connectivity index (χ1v) is 3.95. The maximum atomic E-state index is 10.9. The molecule has 0 atom stereocenters. The highest BCUT2D eigenvalue weighted by atomic mass is 16.7. The van der Waals surface area contributed by atoms with Crippen molar-refractivity contribution in [1.29, 1.82) is 0 Å². The number of nitrogens with one attached hydrogen (secondary N) is 1. The van der Waals surface area contributed by atoms with E-state index in [1.54, 1.807) is 0 Å². The molecule has 0 fully saturated rings. The van der Waals surface area contributed by atoms with Crippen molar-refractivity contribution in [3.8, 4) is 0 Å². The number of nitrogens with two attached hydrogens (primary N) is 1. The van der Waals surface area contributed by atoms with E-state index in [1.165, 1.54) is 18.3 Å². The number of hydrogen-bond acceptors (Lipinski definition) is 5. The Kier molecular flexibility index (Phi) is 3.58. The van der Waals surface area contributed by atoms with Gasteiger partial charge in [0.15, 0.2) is 12.4 Å². The molecule has 0 aliphatic heterocycles. The molecule has 0 unspecified atom stereocenters. The van der Waals surface area contributed by atoms with Gasteiger partial charge in [-0.15, -0.1) is 0 Å². The standard InChI is InChI=1S/C8H9N3O4/c9-7(14)5-2-1-3-10-8(5)11-15-4-6(12)13/h1-3H,4H2,(H2,9,14)(H,10,11)(H,12,13). The van der Waals surface area contributed by atoms with Crippen LogP contribution in [-0.2, 0) is 9.63 Å². The van der Waals surface area contributed by atoms with Crippen LogP contribution in [0.1, 0.15) is 10.4 Å². The molecule has 1 aromatic heterocycles. The number of hydrogen-bond donors (Lipinski definition) is 3. The number of primary amides is 1. The number of aliphatic carboxylic acids is 1. The van der Waals surface area contributed by atoms with E-state index in [0.29, 0.717) is 0 Å². The second-order valence-electron chi connectivity index (χ2n) is 2.55. The first-order chi connectivity index (χ1) is 7.11. The lowest BCUT2D eigenvalue weighted by Gasteiger charge is -2.06. The van der Waals surface area contributed by atoms with Gasteiger partial charge < -0.3 is 10.8 Å². The highest BCUT2D eigenvalue weighted by molar-refractivity contribution is 5.97. The summed E-state index contributed by atoms with van der Waals surface area (Å²) in [5, 5.41) is 8.29. The van der Waals surface area contributed by atoms with Gasteiger partial charge in [0.1, 0.15) is 0 Å². The molecule has 0 radical (unpaired) electrons. The van der Waals surface area contributed by atoms with Crippen LogP contribution in [0.3, 0.4) is 0 Å². The highest BCUT2D eigenvalue weighted by Gasteiger charge is 2.08. The Labute approximate surface area is 84.8 Å². The minimum atomic E-state index is -1.14. The Hall–Kier alpha value is -2.15. The fourth-order valence-electron chi connectivity index (χ4n) is 0.852. The molecular formula is C8H9N3O4. The van der Waals surface area contributed by atoms with Gasteiger partial charge in [-0.25, -0.2) is 15.3 Å². The topological polar surface area (TPSA) is 115 Å². The number of anilines is 1. The minimum absolute atomic E-state index is 0.0891. The van der Waals surface area contributed by atoms with Crippen molar-refractivity contribution in [2.75, 3.05) is 12.1 Å². The summed E-state index contributed by atoms with van der Waals surface area (Å²) in [6.07, 6.45) is 1.42. The zero-order chi connectivity index (χ0) is 11.3. The number of carbonyl (C=O) groups excluding carboxylic acids is 1. The van der Waals surface area contributed by atoms with E-state index in [-0.39, 0.29) is 11.4 Å². The third kappa shape index (κ3) is 3.24. The Morgan fingerprint density at radius 1 is 1.60 bits per heavy atom. The normalized spacial score (nSPS) is 9.60. The van der Waals surface area contributed by atoms with Gasteiger partial charge in [-0.2, -0.15) is 0 Å². The number of pyridine rings is 1. The number of carboxylic acids is 1. The number of amides is 1. The van der Waals surface area contributed by atoms with Crippen LogP contribution in [-0.4, -0.2) is 28.6 Å². The van der Waals surface area contributed by atoms with Crippen molar-refractivity contribution in [1.82, 2.24) is 4.98 Å². The van der Waals surface area contributed by atoms with E-state index in [1.807, 2.05) is 0 Å². The molecule has 1 heterocycles. The van der Waals surface area contributed by atoms with Crippen LogP contribution >= 0.6 is 0 Å². The van der Waals surface area contributed by atoms with Crippen LogP contribution in [0.2, 0.25) is 0 Å². The largest absolute Gasteiger partial charge is 0.479 e. The summed E-state index contributed by atoms with van der Waals surface area (Å²) in [5.41, 5.74) is 7.42. The molecule has 0 saturated heterocycles. The summed E-state index contributed by atoms with van der Waals surface area (Å²) in [6, 6.07) is 2.98. The molecule has 0 aromatic carbocycles. The van der Waals surface area contributed by atoms with Crippen LogP contribution in [0.5, 0.6) is 0 Å². The van der Waals surface area contributed by atoms with Crippen molar-refractivity contribution in [2.45, 2.75) is 0 Å². The molecular weight excluding hydrogens is 202 g/mol. The lowest BCUT2D eigenvalue weighted by molar-refractivity contribution is -0.141. The van der Waals surface area contributed by atoms with Crippen molar-refractivity contribution >= 4 is 17.7 Å². The molecule has 0 aliphatic carbocycles. The first-order valence-electron chi connectivity index (χ1n) is 3.95. The maximum absolute atomic E-state index is 10.9. The van der Waals surface area contributed by atoms with Crippen LogP contribution in [0, 0.1) is 0 Å². The van der Waals surface area contributed by atoms with E-state index >= 15 is 0 Å². The van der Waals surface area contributed by atoms with E-state index in [9.17, 15) is 9.59 Å². The van der Waals surface area contributed by atoms with Crippen molar-refractivity contribution in [3.05, 3.63) is 23.9 Å². The fourth-order valence-corrected chi connectivity index (χ4v) is 0.852. The SMILES string of the molecule is NC(=O)c1cccnc1NOCC(=O)O.